The van der Waals surface area contributed by atoms with Crippen molar-refractivity contribution in [3.63, 3.8) is 0 Å². The summed E-state index contributed by atoms with van der Waals surface area (Å²) in [6, 6.07) is 3.15. The van der Waals surface area contributed by atoms with Crippen LogP contribution < -0.4 is 10.6 Å². The van der Waals surface area contributed by atoms with Crippen LogP contribution in [0.4, 0.5) is 19.3 Å². The number of hydrogen-bond acceptors (Lipinski definition) is 4. The summed E-state index contributed by atoms with van der Waals surface area (Å²) in [5, 5.41) is 0. The molecular weight excluding hydrogens is 316 g/mol. The quantitative estimate of drug-likeness (QED) is 0.918. The Kier molecular flexibility index (Phi) is 5.64. The lowest BCUT2D eigenvalue weighted by Crippen LogP contribution is -2.50. The van der Waals surface area contributed by atoms with Gasteiger partial charge in [-0.25, -0.2) is 13.6 Å². The van der Waals surface area contributed by atoms with E-state index in [1.54, 1.807) is 21.9 Å². The van der Waals surface area contributed by atoms with E-state index in [1.165, 1.54) is 0 Å². The van der Waals surface area contributed by atoms with Gasteiger partial charge in [-0.3, -0.25) is 0 Å². The number of halogens is 2. The topological polar surface area (TPSA) is 58.8 Å². The van der Waals surface area contributed by atoms with Crippen molar-refractivity contribution < 1.29 is 18.3 Å². The number of carbonyl (C=O) groups is 1. The molecule has 1 heterocycles. The molecule has 5 nitrogen and oxygen atoms in total. The van der Waals surface area contributed by atoms with Crippen LogP contribution in [0.5, 0.6) is 0 Å². The minimum Gasteiger partial charge on any atom is -0.444 e. The van der Waals surface area contributed by atoms with Crippen molar-refractivity contribution in [3.05, 3.63) is 29.3 Å². The Labute approximate surface area is 141 Å². The van der Waals surface area contributed by atoms with E-state index in [1.807, 2.05) is 20.8 Å². The molecule has 1 aliphatic rings. The van der Waals surface area contributed by atoms with Crippen LogP contribution in [0, 0.1) is 11.6 Å². The van der Waals surface area contributed by atoms with E-state index in [4.69, 9.17) is 10.5 Å². The van der Waals surface area contributed by atoms with Gasteiger partial charge in [-0.2, -0.15) is 0 Å². The molecule has 24 heavy (non-hydrogen) atoms. The number of hydrogen-bond donors (Lipinski definition) is 1. The molecule has 1 fully saturated rings. The second kappa shape index (κ2) is 7.34. The standard InChI is InChI=1S/C17H25F2N3O2/c1-17(2,3)24-16(23)22-10-8-21(9-11-22)13-5-4-12(6-7-20)14(18)15(13)19/h4-5H,6-11,20H2,1-3H3. The van der Waals surface area contributed by atoms with Crippen LogP contribution in [0.2, 0.25) is 0 Å². The molecule has 7 heteroatoms. The third-order valence-electron chi connectivity index (χ3n) is 3.83. The Morgan fingerprint density at radius 3 is 2.33 bits per heavy atom. The lowest BCUT2D eigenvalue weighted by molar-refractivity contribution is 0.0240. The zero-order valence-corrected chi connectivity index (χ0v) is 14.4. The summed E-state index contributed by atoms with van der Waals surface area (Å²) in [5.41, 5.74) is 5.35. The van der Waals surface area contributed by atoms with Crippen LogP contribution in [-0.4, -0.2) is 49.3 Å². The van der Waals surface area contributed by atoms with E-state index in [9.17, 15) is 13.6 Å². The van der Waals surface area contributed by atoms with Crippen LogP contribution in [0.1, 0.15) is 26.3 Å². The van der Waals surface area contributed by atoms with Crippen molar-refractivity contribution in [1.82, 2.24) is 4.90 Å². The number of rotatable bonds is 3. The van der Waals surface area contributed by atoms with Gasteiger partial charge < -0.3 is 20.3 Å². The summed E-state index contributed by atoms with van der Waals surface area (Å²) in [5.74, 6) is -1.70. The fourth-order valence-electron chi connectivity index (χ4n) is 2.63. The maximum absolute atomic E-state index is 14.3. The summed E-state index contributed by atoms with van der Waals surface area (Å²) in [4.78, 5) is 15.4. The first-order valence-corrected chi connectivity index (χ1v) is 8.12. The maximum atomic E-state index is 14.3. The average molecular weight is 341 g/mol. The first-order chi connectivity index (χ1) is 11.2. The zero-order chi connectivity index (χ0) is 17.9. The second-order valence-corrected chi connectivity index (χ2v) is 6.86. The molecule has 1 aromatic rings. The minimum absolute atomic E-state index is 0.220. The molecule has 2 N–H and O–H groups in total. The predicted octanol–water partition coefficient (Wildman–Crippen LogP) is 2.52. The Bertz CT molecular complexity index is 594. The summed E-state index contributed by atoms with van der Waals surface area (Å²) in [7, 11) is 0. The number of nitrogens with zero attached hydrogens (tertiary/aromatic N) is 2. The number of benzene rings is 1. The Morgan fingerprint density at radius 1 is 1.17 bits per heavy atom. The van der Waals surface area contributed by atoms with Gasteiger partial charge in [-0.15, -0.1) is 0 Å². The van der Waals surface area contributed by atoms with Crippen LogP contribution >= 0.6 is 0 Å². The molecule has 134 valence electrons. The highest BCUT2D eigenvalue weighted by Crippen LogP contribution is 2.25. The number of ether oxygens (including phenoxy) is 1. The minimum atomic E-state index is -0.855. The lowest BCUT2D eigenvalue weighted by atomic mass is 10.1. The van der Waals surface area contributed by atoms with Crippen molar-refractivity contribution in [3.8, 4) is 0 Å². The van der Waals surface area contributed by atoms with E-state index < -0.39 is 17.2 Å². The molecule has 0 atom stereocenters. The Balaban J connectivity index is 2.02. The van der Waals surface area contributed by atoms with Crippen molar-refractivity contribution >= 4 is 11.8 Å². The summed E-state index contributed by atoms with van der Waals surface area (Å²) in [6.07, 6.45) is -0.0813. The van der Waals surface area contributed by atoms with Crippen LogP contribution in [0.25, 0.3) is 0 Å². The van der Waals surface area contributed by atoms with E-state index in [0.717, 1.165) is 0 Å². The number of nitrogens with two attached hydrogens (primary N) is 1. The molecule has 0 spiro atoms. The van der Waals surface area contributed by atoms with Gasteiger partial charge in [0.05, 0.1) is 5.69 Å². The first-order valence-electron chi connectivity index (χ1n) is 8.12. The zero-order valence-electron chi connectivity index (χ0n) is 14.4. The van der Waals surface area contributed by atoms with Gasteiger partial charge in [0.2, 0.25) is 0 Å². The van der Waals surface area contributed by atoms with Crippen molar-refractivity contribution in [2.24, 2.45) is 5.73 Å². The SMILES string of the molecule is CC(C)(C)OC(=O)N1CCN(c2ccc(CCN)c(F)c2F)CC1. The van der Waals surface area contributed by atoms with Crippen molar-refractivity contribution in [2.45, 2.75) is 32.8 Å². The molecule has 0 radical (unpaired) electrons. The third kappa shape index (κ3) is 4.35. The first kappa shape index (κ1) is 18.4. The largest absolute Gasteiger partial charge is 0.444 e. The van der Waals surface area contributed by atoms with E-state index in [0.29, 0.717) is 32.6 Å². The third-order valence-corrected chi connectivity index (χ3v) is 3.83. The van der Waals surface area contributed by atoms with E-state index in [-0.39, 0.29) is 23.9 Å². The van der Waals surface area contributed by atoms with Crippen LogP contribution in [0.3, 0.4) is 0 Å². The normalized spacial score (nSPS) is 15.6. The van der Waals surface area contributed by atoms with Crippen LogP contribution in [0.15, 0.2) is 12.1 Å². The number of carbonyl (C=O) groups excluding carboxylic acids is 1. The van der Waals surface area contributed by atoms with Crippen molar-refractivity contribution in [1.29, 1.82) is 0 Å². The smallest absolute Gasteiger partial charge is 0.410 e. The number of anilines is 1. The number of amides is 1. The van der Waals surface area contributed by atoms with Crippen LogP contribution in [-0.2, 0) is 11.2 Å². The molecule has 0 bridgehead atoms. The molecule has 1 saturated heterocycles. The van der Waals surface area contributed by atoms with Gasteiger partial charge in [0.1, 0.15) is 5.60 Å². The average Bonchev–Trinajstić information content (AvgIpc) is 2.51. The van der Waals surface area contributed by atoms with Gasteiger partial charge in [0, 0.05) is 26.2 Å². The monoisotopic (exact) mass is 341 g/mol. The molecule has 0 saturated carbocycles. The Hall–Kier alpha value is -1.89. The van der Waals surface area contributed by atoms with E-state index in [2.05, 4.69) is 0 Å². The molecule has 2 rings (SSSR count). The molecule has 0 unspecified atom stereocenters. The molecular formula is C17H25F2N3O2. The van der Waals surface area contributed by atoms with Crippen molar-refractivity contribution in [2.75, 3.05) is 37.6 Å². The van der Waals surface area contributed by atoms with Gasteiger partial charge >= 0.3 is 6.09 Å². The fraction of sp³-hybridized carbons (Fsp3) is 0.588. The van der Waals surface area contributed by atoms with Gasteiger partial charge in [-0.05, 0) is 45.4 Å². The van der Waals surface area contributed by atoms with E-state index >= 15 is 0 Å². The molecule has 0 aliphatic carbocycles. The summed E-state index contributed by atoms with van der Waals surface area (Å²) in [6.45, 7) is 7.34. The Morgan fingerprint density at radius 2 is 1.79 bits per heavy atom. The molecule has 1 aromatic carbocycles. The highest BCUT2D eigenvalue weighted by molar-refractivity contribution is 5.68. The molecule has 1 aliphatic heterocycles. The summed E-state index contributed by atoms with van der Waals surface area (Å²) >= 11 is 0. The van der Waals surface area contributed by atoms with Gasteiger partial charge in [0.25, 0.3) is 0 Å². The maximum Gasteiger partial charge on any atom is 0.410 e. The number of piperazine rings is 1. The highest BCUT2D eigenvalue weighted by Gasteiger charge is 2.27. The lowest BCUT2D eigenvalue weighted by Gasteiger charge is -2.37. The fourth-order valence-corrected chi connectivity index (χ4v) is 2.63. The highest BCUT2D eigenvalue weighted by atomic mass is 19.2. The molecule has 0 aromatic heterocycles. The predicted molar refractivity (Wildman–Crippen MR) is 89.1 cm³/mol. The van der Waals surface area contributed by atoms with Gasteiger partial charge in [0.15, 0.2) is 11.6 Å². The summed E-state index contributed by atoms with van der Waals surface area (Å²) < 4.78 is 33.7. The molecule has 1 amide bonds. The van der Waals surface area contributed by atoms with Gasteiger partial charge in [-0.1, -0.05) is 6.07 Å². The second-order valence-electron chi connectivity index (χ2n) is 6.86.